The van der Waals surface area contributed by atoms with E-state index in [0.717, 1.165) is 31.4 Å². The van der Waals surface area contributed by atoms with Gasteiger partial charge in [-0.1, -0.05) is 43.5 Å². The van der Waals surface area contributed by atoms with Crippen LogP contribution < -0.4 is 0 Å². The first-order chi connectivity index (χ1) is 9.77. The van der Waals surface area contributed by atoms with Crippen molar-refractivity contribution in [3.05, 3.63) is 35.4 Å². The number of alkyl halides is 3. The summed E-state index contributed by atoms with van der Waals surface area (Å²) in [6.07, 6.45) is -1.48. The van der Waals surface area contributed by atoms with Crippen LogP contribution in [-0.2, 0) is 10.2 Å². The zero-order chi connectivity index (χ0) is 15.7. The third-order valence-corrected chi connectivity index (χ3v) is 4.07. The minimum absolute atomic E-state index is 0.466. The van der Waals surface area contributed by atoms with Crippen molar-refractivity contribution in [1.82, 2.24) is 0 Å². The Morgan fingerprint density at radius 3 is 1.95 bits per heavy atom. The molecule has 0 heterocycles. The van der Waals surface area contributed by atoms with E-state index in [2.05, 4.69) is 0 Å². The first kappa shape index (κ1) is 15.5. The van der Waals surface area contributed by atoms with Gasteiger partial charge in [-0.2, -0.15) is 13.2 Å². The molecule has 0 aromatic heterocycles. The largest absolute Gasteiger partial charge is 0.481 e. The van der Waals surface area contributed by atoms with E-state index in [1.807, 2.05) is 0 Å². The molecule has 3 nitrogen and oxygen atoms in total. The second-order valence-electron chi connectivity index (χ2n) is 5.35. The molecule has 0 unspecified atom stereocenters. The van der Waals surface area contributed by atoms with Crippen molar-refractivity contribution in [2.45, 2.75) is 43.7 Å². The lowest BCUT2D eigenvalue weighted by Crippen LogP contribution is -2.37. The van der Waals surface area contributed by atoms with E-state index < -0.39 is 28.9 Å². The summed E-state index contributed by atoms with van der Waals surface area (Å²) in [5.41, 5.74) is -1.05. The van der Waals surface area contributed by atoms with Gasteiger partial charge in [0.15, 0.2) is 0 Å². The normalized spacial score (nSPS) is 18.2. The monoisotopic (exact) mass is 300 g/mol. The van der Waals surface area contributed by atoms with E-state index >= 15 is 0 Å². The molecule has 21 heavy (non-hydrogen) atoms. The number of carbonyl (C=O) groups is 2. The molecule has 1 N–H and O–H groups in total. The predicted octanol–water partition coefficient (Wildman–Crippen LogP) is 3.72. The van der Waals surface area contributed by atoms with Crippen LogP contribution in [0.2, 0.25) is 0 Å². The average molecular weight is 300 g/mol. The Balaban J connectivity index is 2.33. The lowest BCUT2D eigenvalue weighted by molar-refractivity contribution is -0.145. The number of ketones is 1. The number of rotatable bonds is 3. The van der Waals surface area contributed by atoms with Crippen molar-refractivity contribution in [2.75, 3.05) is 0 Å². The zero-order valence-electron chi connectivity index (χ0n) is 11.2. The average Bonchev–Trinajstić information content (AvgIpc) is 2.46. The Labute approximate surface area is 119 Å². The maximum atomic E-state index is 12.3. The number of Topliss-reactive ketones (excluding diaryl/α,β-unsaturated/α-hetero) is 1. The first-order valence-corrected chi connectivity index (χ1v) is 6.73. The van der Waals surface area contributed by atoms with E-state index in [0.29, 0.717) is 18.4 Å². The molecule has 0 spiro atoms. The number of carboxylic acid groups (broad SMARTS) is 1. The van der Waals surface area contributed by atoms with Crippen LogP contribution in [-0.4, -0.2) is 23.0 Å². The topological polar surface area (TPSA) is 54.4 Å². The van der Waals surface area contributed by atoms with Gasteiger partial charge in [0.2, 0.25) is 0 Å². The number of hydrogen-bond donors (Lipinski definition) is 1. The standard InChI is InChI=1S/C15H15F3O3/c16-15(17,18)12(19)10-4-6-11(7-5-10)14(13(20)21)8-2-1-3-9-14/h4-7H,1-3,8-9H2,(H,20,21). The summed E-state index contributed by atoms with van der Waals surface area (Å²) in [5.74, 6) is -2.88. The third kappa shape index (κ3) is 2.94. The molecular weight excluding hydrogens is 285 g/mol. The van der Waals surface area contributed by atoms with Crippen LogP contribution in [0.1, 0.15) is 48.0 Å². The van der Waals surface area contributed by atoms with Gasteiger partial charge in [0, 0.05) is 5.56 Å². The molecular formula is C15H15F3O3. The lowest BCUT2D eigenvalue weighted by atomic mass is 9.69. The Morgan fingerprint density at radius 2 is 1.52 bits per heavy atom. The highest BCUT2D eigenvalue weighted by atomic mass is 19.4. The van der Waals surface area contributed by atoms with Gasteiger partial charge in [0.1, 0.15) is 0 Å². The fraction of sp³-hybridized carbons (Fsp3) is 0.467. The molecule has 1 aromatic rings. The maximum Gasteiger partial charge on any atom is 0.454 e. The zero-order valence-corrected chi connectivity index (χ0v) is 11.2. The molecule has 1 aliphatic rings. The highest BCUT2D eigenvalue weighted by Gasteiger charge is 2.42. The van der Waals surface area contributed by atoms with Crippen LogP contribution in [0.3, 0.4) is 0 Å². The van der Waals surface area contributed by atoms with Crippen LogP contribution in [0.15, 0.2) is 24.3 Å². The number of halogens is 3. The van der Waals surface area contributed by atoms with Crippen LogP contribution in [0.4, 0.5) is 13.2 Å². The summed E-state index contributed by atoms with van der Waals surface area (Å²) in [7, 11) is 0. The predicted molar refractivity (Wildman–Crippen MR) is 69.2 cm³/mol. The Kier molecular flexibility index (Phi) is 4.07. The van der Waals surface area contributed by atoms with Gasteiger partial charge >= 0.3 is 12.1 Å². The minimum atomic E-state index is -4.92. The Morgan fingerprint density at radius 1 is 1.00 bits per heavy atom. The van der Waals surface area contributed by atoms with Crippen molar-refractivity contribution in [1.29, 1.82) is 0 Å². The number of hydrogen-bond acceptors (Lipinski definition) is 2. The fourth-order valence-electron chi connectivity index (χ4n) is 2.89. The first-order valence-electron chi connectivity index (χ1n) is 6.73. The van der Waals surface area contributed by atoms with Crippen LogP contribution >= 0.6 is 0 Å². The van der Waals surface area contributed by atoms with E-state index in [4.69, 9.17) is 0 Å². The Bertz CT molecular complexity index is 540. The number of carboxylic acids is 1. The summed E-state index contributed by atoms with van der Waals surface area (Å²) in [4.78, 5) is 22.7. The highest BCUT2D eigenvalue weighted by molar-refractivity contribution is 6.00. The van der Waals surface area contributed by atoms with E-state index in [1.54, 1.807) is 0 Å². The van der Waals surface area contributed by atoms with Crippen LogP contribution in [0, 0.1) is 0 Å². The smallest absolute Gasteiger partial charge is 0.454 e. The van der Waals surface area contributed by atoms with Crippen LogP contribution in [0.25, 0.3) is 0 Å². The molecule has 6 heteroatoms. The molecule has 1 aromatic carbocycles. The molecule has 1 saturated carbocycles. The molecule has 2 rings (SSSR count). The van der Waals surface area contributed by atoms with E-state index in [-0.39, 0.29) is 0 Å². The summed E-state index contributed by atoms with van der Waals surface area (Å²) in [6, 6.07) is 4.78. The summed E-state index contributed by atoms with van der Waals surface area (Å²) >= 11 is 0. The van der Waals surface area contributed by atoms with E-state index in [1.165, 1.54) is 12.1 Å². The summed E-state index contributed by atoms with van der Waals surface area (Å²) in [6.45, 7) is 0. The van der Waals surface area contributed by atoms with Crippen molar-refractivity contribution >= 4 is 11.8 Å². The maximum absolute atomic E-state index is 12.3. The fourth-order valence-corrected chi connectivity index (χ4v) is 2.89. The van der Waals surface area contributed by atoms with Gasteiger partial charge in [0.05, 0.1) is 5.41 Å². The molecule has 0 atom stereocenters. The molecule has 0 aliphatic heterocycles. The van der Waals surface area contributed by atoms with Gasteiger partial charge in [-0.3, -0.25) is 9.59 Å². The number of benzene rings is 1. The second kappa shape index (κ2) is 5.50. The van der Waals surface area contributed by atoms with Gasteiger partial charge < -0.3 is 5.11 Å². The minimum Gasteiger partial charge on any atom is -0.481 e. The molecule has 0 bridgehead atoms. The summed E-state index contributed by atoms with van der Waals surface area (Å²) in [5, 5.41) is 9.50. The van der Waals surface area contributed by atoms with Crippen molar-refractivity contribution in [2.24, 2.45) is 0 Å². The van der Waals surface area contributed by atoms with Gasteiger partial charge in [0.25, 0.3) is 5.78 Å². The van der Waals surface area contributed by atoms with Gasteiger partial charge in [-0.25, -0.2) is 0 Å². The Hall–Kier alpha value is -1.85. The van der Waals surface area contributed by atoms with Crippen molar-refractivity contribution < 1.29 is 27.9 Å². The molecule has 0 amide bonds. The quantitative estimate of drug-likeness (QED) is 0.866. The molecule has 0 radical (unpaired) electrons. The number of aliphatic carboxylic acids is 1. The van der Waals surface area contributed by atoms with Crippen LogP contribution in [0.5, 0.6) is 0 Å². The summed E-state index contributed by atoms with van der Waals surface area (Å²) < 4.78 is 37.0. The molecule has 1 fully saturated rings. The highest BCUT2D eigenvalue weighted by Crippen LogP contribution is 2.40. The van der Waals surface area contributed by atoms with Gasteiger partial charge in [-0.15, -0.1) is 0 Å². The third-order valence-electron chi connectivity index (χ3n) is 4.07. The van der Waals surface area contributed by atoms with Crippen molar-refractivity contribution in [3.63, 3.8) is 0 Å². The van der Waals surface area contributed by atoms with Crippen molar-refractivity contribution in [3.8, 4) is 0 Å². The van der Waals surface area contributed by atoms with E-state index in [9.17, 15) is 27.9 Å². The molecule has 114 valence electrons. The lowest BCUT2D eigenvalue weighted by Gasteiger charge is -2.33. The molecule has 0 saturated heterocycles. The molecule has 1 aliphatic carbocycles. The SMILES string of the molecule is O=C(c1ccc(C2(C(=O)O)CCCCC2)cc1)C(F)(F)F. The number of carbonyl (C=O) groups excluding carboxylic acids is 1. The second-order valence-corrected chi connectivity index (χ2v) is 5.35. The van der Waals surface area contributed by atoms with Gasteiger partial charge in [-0.05, 0) is 18.4 Å².